The SMILES string of the molecule is C[C@H](CO)NCC(N)(CCCCB(O)O)C(=O)O. The Morgan fingerprint density at radius 2 is 2.06 bits per heavy atom. The van der Waals surface area contributed by atoms with Gasteiger partial charge in [0.15, 0.2) is 0 Å². The molecule has 0 saturated heterocycles. The number of carbonyl (C=O) groups is 1. The average Bonchev–Trinajstić information content (AvgIpc) is 2.31. The van der Waals surface area contributed by atoms with E-state index in [1.807, 2.05) is 0 Å². The van der Waals surface area contributed by atoms with Gasteiger partial charge in [-0.2, -0.15) is 0 Å². The number of unbranched alkanes of at least 4 members (excludes halogenated alkanes) is 1. The van der Waals surface area contributed by atoms with E-state index in [1.165, 1.54) is 0 Å². The van der Waals surface area contributed by atoms with Crippen LogP contribution < -0.4 is 11.1 Å². The fraction of sp³-hybridized carbons (Fsp3) is 0.900. The number of hydrogen-bond acceptors (Lipinski definition) is 6. The highest BCUT2D eigenvalue weighted by Crippen LogP contribution is 2.13. The molecular formula is C10H23BN2O5. The minimum atomic E-state index is -1.40. The second kappa shape index (κ2) is 8.44. The maximum atomic E-state index is 11.1. The van der Waals surface area contributed by atoms with Crippen molar-refractivity contribution in [2.24, 2.45) is 5.73 Å². The van der Waals surface area contributed by atoms with Crippen molar-refractivity contribution in [2.75, 3.05) is 13.2 Å². The largest absolute Gasteiger partial charge is 0.480 e. The van der Waals surface area contributed by atoms with E-state index in [0.717, 1.165) is 0 Å². The molecule has 8 heteroatoms. The van der Waals surface area contributed by atoms with Gasteiger partial charge in [-0.3, -0.25) is 4.79 Å². The van der Waals surface area contributed by atoms with E-state index in [2.05, 4.69) is 5.32 Å². The van der Waals surface area contributed by atoms with Crippen molar-refractivity contribution >= 4 is 13.1 Å². The summed E-state index contributed by atoms with van der Waals surface area (Å²) in [6.07, 6.45) is 1.44. The Hall–Kier alpha value is -0.665. The van der Waals surface area contributed by atoms with Gasteiger partial charge in [-0.1, -0.05) is 12.8 Å². The van der Waals surface area contributed by atoms with Gasteiger partial charge in [0.2, 0.25) is 0 Å². The lowest BCUT2D eigenvalue weighted by atomic mass is 9.82. The summed E-state index contributed by atoms with van der Waals surface area (Å²) in [7, 11) is -1.37. The molecule has 0 spiro atoms. The van der Waals surface area contributed by atoms with Crippen molar-refractivity contribution in [2.45, 2.75) is 44.1 Å². The normalized spacial score (nSPS) is 16.1. The first-order chi connectivity index (χ1) is 8.31. The Morgan fingerprint density at radius 1 is 1.44 bits per heavy atom. The molecule has 18 heavy (non-hydrogen) atoms. The number of nitrogens with one attached hydrogen (secondary N) is 1. The maximum absolute atomic E-state index is 11.1. The lowest BCUT2D eigenvalue weighted by Crippen LogP contribution is -2.56. The minimum absolute atomic E-state index is 0.0612. The Bertz CT molecular complexity index is 254. The van der Waals surface area contributed by atoms with Crippen molar-refractivity contribution in [3.05, 3.63) is 0 Å². The van der Waals surface area contributed by atoms with Crippen molar-refractivity contribution in [3.63, 3.8) is 0 Å². The summed E-state index contributed by atoms with van der Waals surface area (Å²) in [6.45, 7) is 1.70. The third kappa shape index (κ3) is 6.92. The topological polar surface area (TPSA) is 136 Å². The zero-order valence-corrected chi connectivity index (χ0v) is 10.7. The number of aliphatic hydroxyl groups excluding tert-OH is 1. The summed E-state index contributed by atoms with van der Waals surface area (Å²) in [5.41, 5.74) is 4.39. The summed E-state index contributed by atoms with van der Waals surface area (Å²) in [5, 5.41) is 38.1. The number of aliphatic hydroxyl groups is 1. The number of carboxylic acid groups (broad SMARTS) is 1. The molecule has 2 atom stereocenters. The van der Waals surface area contributed by atoms with Crippen molar-refractivity contribution < 1.29 is 25.1 Å². The summed E-state index contributed by atoms with van der Waals surface area (Å²) in [5.74, 6) is -1.11. The first kappa shape index (κ1) is 17.3. The van der Waals surface area contributed by atoms with Gasteiger partial charge >= 0.3 is 13.1 Å². The van der Waals surface area contributed by atoms with Crippen LogP contribution >= 0.6 is 0 Å². The highest BCUT2D eigenvalue weighted by molar-refractivity contribution is 6.40. The smallest absolute Gasteiger partial charge is 0.451 e. The van der Waals surface area contributed by atoms with Gasteiger partial charge in [0.25, 0.3) is 0 Å². The van der Waals surface area contributed by atoms with Crippen LogP contribution in [0.25, 0.3) is 0 Å². The number of carboxylic acids is 1. The summed E-state index contributed by atoms with van der Waals surface area (Å²) in [6, 6.07) is -0.216. The molecular weight excluding hydrogens is 239 g/mol. The zero-order chi connectivity index (χ0) is 14.2. The van der Waals surface area contributed by atoms with Gasteiger partial charge in [-0.25, -0.2) is 0 Å². The van der Waals surface area contributed by atoms with Crippen LogP contribution in [0.3, 0.4) is 0 Å². The molecule has 1 unspecified atom stereocenters. The summed E-state index contributed by atoms with van der Waals surface area (Å²) >= 11 is 0. The molecule has 0 radical (unpaired) electrons. The van der Waals surface area contributed by atoms with E-state index in [1.54, 1.807) is 6.92 Å². The molecule has 0 aliphatic heterocycles. The summed E-state index contributed by atoms with van der Waals surface area (Å²) < 4.78 is 0. The average molecular weight is 262 g/mol. The first-order valence-electron chi connectivity index (χ1n) is 6.04. The van der Waals surface area contributed by atoms with Gasteiger partial charge in [0.1, 0.15) is 5.54 Å². The Morgan fingerprint density at radius 3 is 2.50 bits per heavy atom. The molecule has 0 amide bonds. The molecule has 0 heterocycles. The van der Waals surface area contributed by atoms with Crippen LogP contribution in [0.4, 0.5) is 0 Å². The van der Waals surface area contributed by atoms with Crippen LogP contribution in [0, 0.1) is 0 Å². The fourth-order valence-electron chi connectivity index (χ4n) is 1.46. The molecule has 7 N–H and O–H groups in total. The van der Waals surface area contributed by atoms with Gasteiger partial charge < -0.3 is 31.3 Å². The van der Waals surface area contributed by atoms with E-state index in [-0.39, 0.29) is 31.9 Å². The van der Waals surface area contributed by atoms with Crippen molar-refractivity contribution in [1.82, 2.24) is 5.32 Å². The lowest BCUT2D eigenvalue weighted by Gasteiger charge is -2.26. The molecule has 106 valence electrons. The first-order valence-corrected chi connectivity index (χ1v) is 6.04. The predicted molar refractivity (Wildman–Crippen MR) is 68.0 cm³/mol. The second-order valence-corrected chi connectivity index (χ2v) is 4.65. The minimum Gasteiger partial charge on any atom is -0.480 e. The third-order valence-electron chi connectivity index (χ3n) is 2.80. The van der Waals surface area contributed by atoms with Crippen molar-refractivity contribution in [1.29, 1.82) is 0 Å². The molecule has 0 aromatic carbocycles. The monoisotopic (exact) mass is 262 g/mol. The van der Waals surface area contributed by atoms with Crippen LogP contribution in [0.15, 0.2) is 0 Å². The molecule has 0 saturated carbocycles. The van der Waals surface area contributed by atoms with Crippen LogP contribution in [0.2, 0.25) is 6.32 Å². The van der Waals surface area contributed by atoms with Crippen LogP contribution in [0.5, 0.6) is 0 Å². The van der Waals surface area contributed by atoms with Crippen LogP contribution in [-0.2, 0) is 4.79 Å². The Balaban J connectivity index is 4.13. The zero-order valence-electron chi connectivity index (χ0n) is 10.7. The molecule has 0 aromatic heterocycles. The second-order valence-electron chi connectivity index (χ2n) is 4.65. The summed E-state index contributed by atoms with van der Waals surface area (Å²) in [4.78, 5) is 11.1. The maximum Gasteiger partial charge on any atom is 0.451 e. The molecule has 0 aliphatic carbocycles. The Kier molecular flexibility index (Phi) is 8.13. The van der Waals surface area contributed by atoms with Crippen molar-refractivity contribution in [3.8, 4) is 0 Å². The van der Waals surface area contributed by atoms with Gasteiger partial charge in [0.05, 0.1) is 6.61 Å². The predicted octanol–water partition coefficient (Wildman–Crippen LogP) is -1.62. The van der Waals surface area contributed by atoms with Gasteiger partial charge in [0, 0.05) is 12.6 Å². The van der Waals surface area contributed by atoms with E-state index in [0.29, 0.717) is 12.8 Å². The standard InChI is InChI=1S/C10H23BN2O5/c1-8(6-14)13-7-10(12,9(15)16)4-2-3-5-11(17)18/h8,13-14,17-18H,2-7,12H2,1H3,(H,15,16)/t8-,10?/m1/s1. The van der Waals surface area contributed by atoms with E-state index in [4.69, 9.17) is 26.0 Å². The van der Waals surface area contributed by atoms with E-state index < -0.39 is 18.6 Å². The highest BCUT2D eigenvalue weighted by atomic mass is 16.4. The number of aliphatic carboxylic acids is 1. The van der Waals surface area contributed by atoms with Crippen LogP contribution in [-0.4, -0.2) is 58.1 Å². The third-order valence-corrected chi connectivity index (χ3v) is 2.80. The Labute approximate surface area is 107 Å². The molecule has 0 fully saturated rings. The van der Waals surface area contributed by atoms with Gasteiger partial charge in [-0.15, -0.1) is 0 Å². The molecule has 0 rings (SSSR count). The molecule has 0 aliphatic rings. The lowest BCUT2D eigenvalue weighted by molar-refractivity contribution is -0.143. The van der Waals surface area contributed by atoms with E-state index in [9.17, 15) is 4.79 Å². The highest BCUT2D eigenvalue weighted by Gasteiger charge is 2.33. The number of rotatable bonds is 10. The van der Waals surface area contributed by atoms with Gasteiger partial charge in [-0.05, 0) is 19.7 Å². The van der Waals surface area contributed by atoms with Crippen LogP contribution in [0.1, 0.15) is 26.2 Å². The molecule has 0 aromatic rings. The molecule has 0 bridgehead atoms. The quantitative estimate of drug-likeness (QED) is 0.206. The number of hydrogen-bond donors (Lipinski definition) is 6. The number of nitrogens with two attached hydrogens (primary N) is 1. The fourth-order valence-corrected chi connectivity index (χ4v) is 1.46. The molecule has 7 nitrogen and oxygen atoms in total. The van der Waals surface area contributed by atoms with E-state index >= 15 is 0 Å².